The summed E-state index contributed by atoms with van der Waals surface area (Å²) in [6.07, 6.45) is 5.39. The molecule has 2 heterocycles. The number of amides is 3. The maximum absolute atomic E-state index is 12.8. The number of imide groups is 1. The van der Waals surface area contributed by atoms with Crippen LogP contribution in [0.3, 0.4) is 0 Å². The Hall–Kier alpha value is -3.78. The summed E-state index contributed by atoms with van der Waals surface area (Å²) in [7, 11) is 1.61. The van der Waals surface area contributed by atoms with Crippen molar-refractivity contribution in [3.63, 3.8) is 0 Å². The van der Waals surface area contributed by atoms with Crippen LogP contribution in [0.2, 0.25) is 0 Å². The van der Waals surface area contributed by atoms with Crippen molar-refractivity contribution in [2.45, 2.75) is 13.8 Å². The average molecular weight is 462 g/mol. The summed E-state index contributed by atoms with van der Waals surface area (Å²) in [5, 5.41) is 2.31. The van der Waals surface area contributed by atoms with Crippen LogP contribution in [0.5, 0.6) is 5.75 Å². The van der Waals surface area contributed by atoms with E-state index in [2.05, 4.69) is 5.32 Å². The number of ether oxygens (including phenoxy) is 1. The van der Waals surface area contributed by atoms with E-state index in [1.165, 1.54) is 0 Å². The molecule has 0 unspecified atom stereocenters. The SMILES string of the molecule is COc1ccc(-n2ccc(/C=C3/SC(=O)N(CC(=O)Nc4ccc(C)cc4C)C3=O)c2)cc1. The first-order chi connectivity index (χ1) is 15.8. The van der Waals surface area contributed by atoms with Crippen LogP contribution in [0.1, 0.15) is 16.7 Å². The molecule has 2 aromatic carbocycles. The molecular formula is C25H23N3O4S. The summed E-state index contributed by atoms with van der Waals surface area (Å²) in [6, 6.07) is 15.1. The van der Waals surface area contributed by atoms with Crippen LogP contribution >= 0.6 is 11.8 Å². The van der Waals surface area contributed by atoms with E-state index >= 15 is 0 Å². The topological polar surface area (TPSA) is 80.6 Å². The molecular weight excluding hydrogens is 438 g/mol. The van der Waals surface area contributed by atoms with Crippen LogP contribution in [0, 0.1) is 13.8 Å². The highest BCUT2D eigenvalue weighted by Gasteiger charge is 2.36. The van der Waals surface area contributed by atoms with Crippen molar-refractivity contribution in [1.82, 2.24) is 9.47 Å². The fourth-order valence-electron chi connectivity index (χ4n) is 3.49. The predicted octanol–water partition coefficient (Wildman–Crippen LogP) is 4.78. The molecule has 3 aromatic rings. The number of nitrogens with one attached hydrogen (secondary N) is 1. The number of methoxy groups -OCH3 is 1. The van der Waals surface area contributed by atoms with E-state index < -0.39 is 17.1 Å². The summed E-state index contributed by atoms with van der Waals surface area (Å²) >= 11 is 0.833. The van der Waals surface area contributed by atoms with Gasteiger partial charge in [-0.15, -0.1) is 0 Å². The van der Waals surface area contributed by atoms with Crippen molar-refractivity contribution >= 4 is 40.6 Å². The summed E-state index contributed by atoms with van der Waals surface area (Å²) in [4.78, 5) is 38.9. The Balaban J connectivity index is 1.44. The van der Waals surface area contributed by atoms with Gasteiger partial charge >= 0.3 is 0 Å². The number of hydrogen-bond donors (Lipinski definition) is 1. The molecule has 1 aliphatic heterocycles. The smallest absolute Gasteiger partial charge is 0.294 e. The number of thioether (sulfide) groups is 1. The van der Waals surface area contributed by atoms with E-state index in [4.69, 9.17) is 4.74 Å². The van der Waals surface area contributed by atoms with E-state index in [-0.39, 0.29) is 11.4 Å². The third-order valence-electron chi connectivity index (χ3n) is 5.22. The van der Waals surface area contributed by atoms with Gasteiger partial charge < -0.3 is 14.6 Å². The van der Waals surface area contributed by atoms with Gasteiger partial charge in [0.05, 0.1) is 12.0 Å². The third-order valence-corrected chi connectivity index (χ3v) is 6.12. The van der Waals surface area contributed by atoms with E-state index in [1.807, 2.05) is 79.3 Å². The molecule has 4 rings (SSSR count). The monoisotopic (exact) mass is 461 g/mol. The predicted molar refractivity (Wildman–Crippen MR) is 130 cm³/mol. The molecule has 1 aliphatic rings. The Morgan fingerprint density at radius 3 is 2.55 bits per heavy atom. The summed E-state index contributed by atoms with van der Waals surface area (Å²) in [6.45, 7) is 3.53. The maximum Gasteiger partial charge on any atom is 0.294 e. The Bertz CT molecular complexity index is 1260. The van der Waals surface area contributed by atoms with Crippen molar-refractivity contribution < 1.29 is 19.1 Å². The molecule has 3 amide bonds. The van der Waals surface area contributed by atoms with Gasteiger partial charge in [-0.3, -0.25) is 19.3 Å². The Labute approximate surface area is 196 Å². The fourth-order valence-corrected chi connectivity index (χ4v) is 4.33. The number of hydrogen-bond acceptors (Lipinski definition) is 5. The number of carbonyl (C=O) groups is 3. The first-order valence-electron chi connectivity index (χ1n) is 10.3. The number of rotatable bonds is 6. The molecule has 1 N–H and O–H groups in total. The molecule has 0 bridgehead atoms. The standard InChI is InChI=1S/C25H23N3O4S/c1-16-4-9-21(17(2)12-16)26-23(29)15-28-24(30)22(33-25(28)31)13-18-10-11-27(14-18)19-5-7-20(32-3)8-6-19/h4-14H,15H2,1-3H3,(H,26,29)/b22-13+. The number of aryl methyl sites for hydroxylation is 2. The lowest BCUT2D eigenvalue weighted by Gasteiger charge is -2.13. The minimum absolute atomic E-state index is 0.284. The number of carbonyl (C=O) groups excluding carboxylic acids is 3. The van der Waals surface area contributed by atoms with Crippen LogP contribution in [-0.4, -0.2) is 40.2 Å². The lowest BCUT2D eigenvalue weighted by molar-refractivity contribution is -0.127. The van der Waals surface area contributed by atoms with Crippen molar-refractivity contribution in [3.05, 3.63) is 82.5 Å². The quantitative estimate of drug-likeness (QED) is 0.535. The minimum atomic E-state index is -0.474. The van der Waals surface area contributed by atoms with E-state index in [9.17, 15) is 14.4 Å². The molecule has 0 spiro atoms. The van der Waals surface area contributed by atoms with E-state index in [1.54, 1.807) is 13.2 Å². The van der Waals surface area contributed by atoms with Crippen molar-refractivity contribution in [2.24, 2.45) is 0 Å². The zero-order valence-electron chi connectivity index (χ0n) is 18.5. The largest absolute Gasteiger partial charge is 0.497 e. The molecule has 33 heavy (non-hydrogen) atoms. The number of nitrogens with zero attached hydrogens (tertiary/aromatic N) is 2. The first kappa shape index (κ1) is 22.4. The van der Waals surface area contributed by atoms with Gasteiger partial charge in [0.15, 0.2) is 0 Å². The zero-order chi connectivity index (χ0) is 23.5. The highest BCUT2D eigenvalue weighted by molar-refractivity contribution is 8.18. The second-order valence-electron chi connectivity index (χ2n) is 7.68. The maximum atomic E-state index is 12.8. The van der Waals surface area contributed by atoms with E-state index in [0.717, 1.165) is 44.8 Å². The molecule has 1 fully saturated rings. The molecule has 8 heteroatoms. The molecule has 168 valence electrons. The van der Waals surface area contributed by atoms with Gasteiger partial charge in [0.1, 0.15) is 12.3 Å². The fraction of sp³-hybridized carbons (Fsp3) is 0.160. The van der Waals surface area contributed by atoms with Crippen molar-refractivity contribution in [3.8, 4) is 11.4 Å². The molecule has 0 radical (unpaired) electrons. The molecule has 7 nitrogen and oxygen atoms in total. The highest BCUT2D eigenvalue weighted by Crippen LogP contribution is 2.32. The molecule has 1 aromatic heterocycles. The van der Waals surface area contributed by atoms with Gasteiger partial charge in [-0.05, 0) is 79.2 Å². The molecule has 0 saturated carbocycles. The number of benzene rings is 2. The molecule has 0 aliphatic carbocycles. The minimum Gasteiger partial charge on any atom is -0.497 e. The Morgan fingerprint density at radius 2 is 1.85 bits per heavy atom. The second kappa shape index (κ2) is 9.38. The molecule has 1 saturated heterocycles. The van der Waals surface area contributed by atoms with Crippen LogP contribution in [0.25, 0.3) is 11.8 Å². The Kier molecular flexibility index (Phi) is 6.37. The lowest BCUT2D eigenvalue weighted by Crippen LogP contribution is -2.36. The second-order valence-corrected chi connectivity index (χ2v) is 8.68. The summed E-state index contributed by atoms with van der Waals surface area (Å²) < 4.78 is 7.09. The van der Waals surface area contributed by atoms with Gasteiger partial charge in [0, 0.05) is 23.8 Å². The van der Waals surface area contributed by atoms with Crippen LogP contribution in [-0.2, 0) is 9.59 Å². The van der Waals surface area contributed by atoms with Crippen LogP contribution < -0.4 is 10.1 Å². The Morgan fingerprint density at radius 1 is 1.09 bits per heavy atom. The van der Waals surface area contributed by atoms with Gasteiger partial charge in [-0.25, -0.2) is 0 Å². The highest BCUT2D eigenvalue weighted by atomic mass is 32.2. The van der Waals surface area contributed by atoms with Gasteiger partial charge in [0.25, 0.3) is 11.1 Å². The lowest BCUT2D eigenvalue weighted by atomic mass is 10.1. The van der Waals surface area contributed by atoms with E-state index in [0.29, 0.717) is 5.69 Å². The summed E-state index contributed by atoms with van der Waals surface area (Å²) in [5.74, 6) is -0.129. The summed E-state index contributed by atoms with van der Waals surface area (Å²) in [5.41, 5.74) is 4.37. The zero-order valence-corrected chi connectivity index (χ0v) is 19.3. The number of aromatic nitrogens is 1. The van der Waals surface area contributed by atoms with Crippen LogP contribution in [0.15, 0.2) is 65.8 Å². The first-order valence-corrected chi connectivity index (χ1v) is 11.1. The number of anilines is 1. The third kappa shape index (κ3) is 5.01. The van der Waals surface area contributed by atoms with Gasteiger partial charge in [-0.1, -0.05) is 17.7 Å². The van der Waals surface area contributed by atoms with Crippen molar-refractivity contribution in [1.29, 1.82) is 0 Å². The molecule has 0 atom stereocenters. The average Bonchev–Trinajstić information content (AvgIpc) is 3.36. The van der Waals surface area contributed by atoms with Crippen molar-refractivity contribution in [2.75, 3.05) is 19.0 Å². The van der Waals surface area contributed by atoms with Gasteiger partial charge in [-0.2, -0.15) is 0 Å². The van der Waals surface area contributed by atoms with Gasteiger partial charge in [0.2, 0.25) is 5.91 Å². The normalized spacial score (nSPS) is 14.8. The van der Waals surface area contributed by atoms with Crippen LogP contribution in [0.4, 0.5) is 10.5 Å².